The third kappa shape index (κ3) is 3.81. The molecule has 0 aliphatic rings. The maximum Gasteiger partial charge on any atom is 0.349 e. The second-order valence-electron chi connectivity index (χ2n) is 3.84. The molecular weight excluding hydrogens is 290 g/mol. The van der Waals surface area contributed by atoms with E-state index in [2.05, 4.69) is 4.98 Å². The van der Waals surface area contributed by atoms with Gasteiger partial charge >= 0.3 is 5.97 Å². The van der Waals surface area contributed by atoms with E-state index in [0.717, 1.165) is 11.3 Å². The normalized spacial score (nSPS) is 10.3. The minimum atomic E-state index is -1.11. The van der Waals surface area contributed by atoms with E-state index in [4.69, 9.17) is 16.7 Å². The van der Waals surface area contributed by atoms with Crippen molar-refractivity contribution in [2.24, 2.45) is 0 Å². The van der Waals surface area contributed by atoms with Crippen LogP contribution in [0.4, 0.5) is 5.13 Å². The average Bonchev–Trinajstić information content (AvgIpc) is 2.73. The number of carbonyl (C=O) groups is 2. The third-order valence-electron chi connectivity index (χ3n) is 2.58. The van der Waals surface area contributed by atoms with Crippen molar-refractivity contribution >= 4 is 39.9 Å². The Morgan fingerprint density at radius 1 is 1.37 bits per heavy atom. The molecule has 1 rings (SSSR count). The highest BCUT2D eigenvalue weighted by atomic mass is 35.5. The fraction of sp³-hybridized carbons (Fsp3) is 0.545. The molecule has 1 heterocycles. The summed E-state index contributed by atoms with van der Waals surface area (Å²) < 4.78 is 0. The van der Waals surface area contributed by atoms with E-state index in [1.165, 1.54) is 0 Å². The molecule has 0 saturated carbocycles. The Balaban J connectivity index is 2.78. The predicted octanol–water partition coefficient (Wildman–Crippen LogP) is 1.80. The first-order valence-electron chi connectivity index (χ1n) is 5.79. The van der Waals surface area contributed by atoms with Crippen LogP contribution in [0.2, 0.25) is 5.15 Å². The molecule has 8 heteroatoms. The monoisotopic (exact) mass is 305 g/mol. The molecule has 0 radical (unpaired) electrons. The Morgan fingerprint density at radius 2 is 1.95 bits per heavy atom. The van der Waals surface area contributed by atoms with Gasteiger partial charge in [0, 0.05) is 20.1 Å². The lowest BCUT2D eigenvalue weighted by Crippen LogP contribution is -2.38. The van der Waals surface area contributed by atoms with Gasteiger partial charge in [0.2, 0.25) is 5.91 Å². The van der Waals surface area contributed by atoms with Gasteiger partial charge in [-0.15, -0.1) is 0 Å². The van der Waals surface area contributed by atoms with E-state index < -0.39 is 5.97 Å². The molecule has 106 valence electrons. The number of anilines is 1. The molecule has 0 fully saturated rings. The Labute approximate surface area is 120 Å². The van der Waals surface area contributed by atoms with Crippen molar-refractivity contribution in [1.29, 1.82) is 0 Å². The molecule has 6 nitrogen and oxygen atoms in total. The highest BCUT2D eigenvalue weighted by Crippen LogP contribution is 2.28. The maximum atomic E-state index is 11.9. The molecule has 0 saturated heterocycles. The van der Waals surface area contributed by atoms with Gasteiger partial charge in [0.15, 0.2) is 15.2 Å². The molecule has 0 atom stereocenters. The summed E-state index contributed by atoms with van der Waals surface area (Å²) in [6.45, 7) is 5.24. The standard InChI is InChI=1S/C11H16ClN3O3S/c1-4-15(5-2)7(16)6-14(3)11-13-9(12)8(19-11)10(17)18/h4-6H2,1-3H3,(H,17,18). The molecular formula is C11H16ClN3O3S. The van der Waals surface area contributed by atoms with Gasteiger partial charge in [0.25, 0.3) is 0 Å². The number of rotatable bonds is 6. The molecule has 19 heavy (non-hydrogen) atoms. The number of aromatic carboxylic acids is 1. The quantitative estimate of drug-likeness (QED) is 0.867. The number of thiazole rings is 1. The highest BCUT2D eigenvalue weighted by Gasteiger charge is 2.20. The van der Waals surface area contributed by atoms with Gasteiger partial charge in [0.1, 0.15) is 0 Å². The van der Waals surface area contributed by atoms with Crippen LogP contribution in [0, 0.1) is 0 Å². The molecule has 0 unspecified atom stereocenters. The molecule has 0 aliphatic heterocycles. The van der Waals surface area contributed by atoms with E-state index in [-0.39, 0.29) is 22.5 Å². The van der Waals surface area contributed by atoms with Crippen LogP contribution >= 0.6 is 22.9 Å². The van der Waals surface area contributed by atoms with Gasteiger partial charge in [0.05, 0.1) is 6.54 Å². The number of hydrogen-bond donors (Lipinski definition) is 1. The van der Waals surface area contributed by atoms with E-state index >= 15 is 0 Å². The molecule has 1 N–H and O–H groups in total. The van der Waals surface area contributed by atoms with E-state index in [9.17, 15) is 9.59 Å². The summed E-state index contributed by atoms with van der Waals surface area (Å²) in [4.78, 5) is 30.0. The largest absolute Gasteiger partial charge is 0.477 e. The van der Waals surface area contributed by atoms with Gasteiger partial charge < -0.3 is 14.9 Å². The summed E-state index contributed by atoms with van der Waals surface area (Å²) in [7, 11) is 1.68. The van der Waals surface area contributed by atoms with Crippen LogP contribution in [0.1, 0.15) is 23.5 Å². The summed E-state index contributed by atoms with van der Waals surface area (Å²) in [5, 5.41) is 9.27. The van der Waals surface area contributed by atoms with Crippen molar-refractivity contribution < 1.29 is 14.7 Å². The average molecular weight is 306 g/mol. The Bertz CT molecular complexity index is 474. The van der Waals surface area contributed by atoms with E-state index in [1.807, 2.05) is 13.8 Å². The fourth-order valence-electron chi connectivity index (χ4n) is 1.53. The van der Waals surface area contributed by atoms with E-state index in [1.54, 1.807) is 16.8 Å². The first kappa shape index (κ1) is 15.7. The van der Waals surface area contributed by atoms with Crippen LogP contribution in [0.5, 0.6) is 0 Å². The minimum Gasteiger partial charge on any atom is -0.477 e. The number of aromatic nitrogens is 1. The number of carboxylic acid groups (broad SMARTS) is 1. The van der Waals surface area contributed by atoms with Crippen LogP contribution in [0.15, 0.2) is 0 Å². The third-order valence-corrected chi connectivity index (χ3v) is 4.13. The molecule has 1 aromatic rings. The van der Waals surface area contributed by atoms with Crippen LogP contribution in [-0.4, -0.2) is 53.5 Å². The highest BCUT2D eigenvalue weighted by molar-refractivity contribution is 7.18. The second kappa shape index (κ2) is 6.72. The minimum absolute atomic E-state index is 0.0150. The zero-order valence-corrected chi connectivity index (χ0v) is 12.6. The first-order chi connectivity index (χ1) is 8.90. The lowest BCUT2D eigenvalue weighted by Gasteiger charge is -2.22. The van der Waals surface area contributed by atoms with Gasteiger partial charge in [-0.05, 0) is 13.8 Å². The summed E-state index contributed by atoms with van der Waals surface area (Å²) >= 11 is 6.69. The Morgan fingerprint density at radius 3 is 2.37 bits per heavy atom. The smallest absolute Gasteiger partial charge is 0.349 e. The van der Waals surface area contributed by atoms with Gasteiger partial charge in [-0.2, -0.15) is 0 Å². The summed E-state index contributed by atoms with van der Waals surface area (Å²) in [6, 6.07) is 0. The number of amides is 1. The molecule has 1 amide bonds. The lowest BCUT2D eigenvalue weighted by molar-refractivity contribution is -0.129. The number of likely N-dealkylation sites (N-methyl/N-ethyl adjacent to an activating group) is 2. The summed E-state index contributed by atoms with van der Waals surface area (Å²) in [5.41, 5.74) is 0. The van der Waals surface area contributed by atoms with E-state index in [0.29, 0.717) is 18.2 Å². The Hall–Kier alpha value is -1.34. The number of halogens is 1. The molecule has 0 spiro atoms. The lowest BCUT2D eigenvalue weighted by atomic mass is 10.4. The van der Waals surface area contributed by atoms with Crippen molar-refractivity contribution in [2.75, 3.05) is 31.6 Å². The predicted molar refractivity (Wildman–Crippen MR) is 75.3 cm³/mol. The van der Waals surface area contributed by atoms with Crippen LogP contribution < -0.4 is 4.90 Å². The number of carboxylic acids is 1. The molecule has 1 aromatic heterocycles. The van der Waals surface area contributed by atoms with Crippen LogP contribution in [-0.2, 0) is 4.79 Å². The molecule has 0 bridgehead atoms. The van der Waals surface area contributed by atoms with Crippen molar-refractivity contribution in [3.05, 3.63) is 10.0 Å². The first-order valence-corrected chi connectivity index (χ1v) is 6.98. The Kier molecular flexibility index (Phi) is 5.56. The summed E-state index contributed by atoms with van der Waals surface area (Å²) in [5.74, 6) is -1.15. The van der Waals surface area contributed by atoms with Crippen molar-refractivity contribution in [3.8, 4) is 0 Å². The van der Waals surface area contributed by atoms with Gasteiger partial charge in [-0.25, -0.2) is 9.78 Å². The number of carbonyl (C=O) groups excluding carboxylic acids is 1. The zero-order chi connectivity index (χ0) is 14.6. The second-order valence-corrected chi connectivity index (χ2v) is 5.18. The fourth-order valence-corrected chi connectivity index (χ4v) is 2.62. The van der Waals surface area contributed by atoms with Crippen LogP contribution in [0.25, 0.3) is 0 Å². The SMILES string of the molecule is CCN(CC)C(=O)CN(C)c1nc(Cl)c(C(=O)O)s1. The topological polar surface area (TPSA) is 73.7 Å². The van der Waals surface area contributed by atoms with Gasteiger partial charge in [-0.1, -0.05) is 22.9 Å². The summed E-state index contributed by atoms with van der Waals surface area (Å²) in [6.07, 6.45) is 0. The number of nitrogens with zero attached hydrogens (tertiary/aromatic N) is 3. The van der Waals surface area contributed by atoms with Crippen molar-refractivity contribution in [2.45, 2.75) is 13.8 Å². The van der Waals surface area contributed by atoms with Gasteiger partial charge in [-0.3, -0.25) is 4.79 Å². The van der Waals surface area contributed by atoms with Crippen LogP contribution in [0.3, 0.4) is 0 Å². The molecule has 0 aliphatic carbocycles. The van der Waals surface area contributed by atoms with Crippen molar-refractivity contribution in [3.63, 3.8) is 0 Å². The zero-order valence-electron chi connectivity index (χ0n) is 11.0. The maximum absolute atomic E-state index is 11.9. The number of hydrogen-bond acceptors (Lipinski definition) is 5. The molecule has 0 aromatic carbocycles. The van der Waals surface area contributed by atoms with Crippen molar-refractivity contribution in [1.82, 2.24) is 9.88 Å².